The zero-order valence-electron chi connectivity index (χ0n) is 7.92. The minimum Gasteiger partial charge on any atom is -0.324 e. The normalized spacial score (nSPS) is 10.2. The van der Waals surface area contributed by atoms with Gasteiger partial charge in [0.15, 0.2) is 0 Å². The standard InChI is InChI=1S/C10H6Cl3N3/c11-6-1-3-7(4-2-6)14-10-15-8(12)5-9(13)16-10/h1-5H,(H,14,15,16). The Morgan fingerprint density at radius 2 is 1.44 bits per heavy atom. The summed E-state index contributed by atoms with van der Waals surface area (Å²) in [6.45, 7) is 0. The Morgan fingerprint density at radius 3 is 2.00 bits per heavy atom. The molecule has 0 aliphatic rings. The lowest BCUT2D eigenvalue weighted by Crippen LogP contribution is -1.96. The van der Waals surface area contributed by atoms with Gasteiger partial charge in [0, 0.05) is 16.8 Å². The van der Waals surface area contributed by atoms with Crippen molar-refractivity contribution in [2.24, 2.45) is 0 Å². The number of halogens is 3. The highest BCUT2D eigenvalue weighted by Gasteiger charge is 2.01. The van der Waals surface area contributed by atoms with Crippen LogP contribution in [0.2, 0.25) is 15.3 Å². The van der Waals surface area contributed by atoms with Crippen LogP contribution in [0.3, 0.4) is 0 Å². The van der Waals surface area contributed by atoms with Crippen molar-refractivity contribution in [1.29, 1.82) is 0 Å². The lowest BCUT2D eigenvalue weighted by atomic mass is 10.3. The van der Waals surface area contributed by atoms with E-state index >= 15 is 0 Å². The molecule has 1 heterocycles. The molecule has 6 heteroatoms. The van der Waals surface area contributed by atoms with Gasteiger partial charge in [-0.15, -0.1) is 0 Å². The van der Waals surface area contributed by atoms with Gasteiger partial charge < -0.3 is 5.32 Å². The second-order valence-electron chi connectivity index (χ2n) is 2.97. The minimum absolute atomic E-state index is 0.288. The van der Waals surface area contributed by atoms with E-state index in [1.54, 1.807) is 24.3 Å². The molecule has 2 rings (SSSR count). The highest BCUT2D eigenvalue weighted by Crippen LogP contribution is 2.19. The maximum atomic E-state index is 5.76. The van der Waals surface area contributed by atoms with Gasteiger partial charge in [-0.25, -0.2) is 9.97 Å². The molecule has 1 N–H and O–H groups in total. The summed E-state index contributed by atoms with van der Waals surface area (Å²) in [5.41, 5.74) is 0.808. The molecule has 0 radical (unpaired) electrons. The SMILES string of the molecule is Clc1ccc(Nc2nc(Cl)cc(Cl)n2)cc1. The van der Waals surface area contributed by atoms with E-state index in [1.807, 2.05) is 0 Å². The second-order valence-corrected chi connectivity index (χ2v) is 4.18. The quantitative estimate of drug-likeness (QED) is 0.835. The number of hydrogen-bond donors (Lipinski definition) is 1. The van der Waals surface area contributed by atoms with Gasteiger partial charge in [-0.3, -0.25) is 0 Å². The molecule has 0 spiro atoms. The fraction of sp³-hybridized carbons (Fsp3) is 0. The van der Waals surface area contributed by atoms with Crippen molar-refractivity contribution in [2.45, 2.75) is 0 Å². The van der Waals surface area contributed by atoms with E-state index in [1.165, 1.54) is 6.07 Å². The van der Waals surface area contributed by atoms with Crippen molar-refractivity contribution in [3.8, 4) is 0 Å². The molecule has 2 aromatic rings. The molecule has 1 aromatic heterocycles. The van der Waals surface area contributed by atoms with E-state index in [2.05, 4.69) is 15.3 Å². The Labute approximate surface area is 107 Å². The smallest absolute Gasteiger partial charge is 0.230 e. The zero-order chi connectivity index (χ0) is 11.5. The van der Waals surface area contributed by atoms with E-state index in [-0.39, 0.29) is 10.3 Å². The van der Waals surface area contributed by atoms with Crippen LogP contribution in [-0.2, 0) is 0 Å². The zero-order valence-corrected chi connectivity index (χ0v) is 10.2. The third kappa shape index (κ3) is 2.98. The molecule has 82 valence electrons. The average molecular weight is 275 g/mol. The summed E-state index contributed by atoms with van der Waals surface area (Å²) in [6.07, 6.45) is 0. The van der Waals surface area contributed by atoms with Gasteiger partial charge in [-0.1, -0.05) is 34.8 Å². The van der Waals surface area contributed by atoms with Gasteiger partial charge in [-0.05, 0) is 24.3 Å². The molecule has 16 heavy (non-hydrogen) atoms. The van der Waals surface area contributed by atoms with E-state index < -0.39 is 0 Å². The predicted molar refractivity (Wildman–Crippen MR) is 66.8 cm³/mol. The van der Waals surface area contributed by atoms with Crippen LogP contribution in [-0.4, -0.2) is 9.97 Å². The van der Waals surface area contributed by atoms with Crippen LogP contribution < -0.4 is 5.32 Å². The molecule has 0 amide bonds. The minimum atomic E-state index is 0.288. The number of anilines is 2. The van der Waals surface area contributed by atoms with Crippen molar-refractivity contribution >= 4 is 46.4 Å². The molecule has 1 aromatic carbocycles. The topological polar surface area (TPSA) is 37.8 Å². The van der Waals surface area contributed by atoms with E-state index in [9.17, 15) is 0 Å². The molecule has 0 fully saturated rings. The van der Waals surface area contributed by atoms with Gasteiger partial charge in [0.2, 0.25) is 5.95 Å². The van der Waals surface area contributed by atoms with Crippen LogP contribution in [0.15, 0.2) is 30.3 Å². The summed E-state index contributed by atoms with van der Waals surface area (Å²) in [4.78, 5) is 7.96. The van der Waals surface area contributed by atoms with Gasteiger partial charge in [0.1, 0.15) is 10.3 Å². The summed E-state index contributed by atoms with van der Waals surface area (Å²) >= 11 is 17.3. The molecule has 0 unspecified atom stereocenters. The lowest BCUT2D eigenvalue weighted by Gasteiger charge is -2.05. The molecule has 0 bridgehead atoms. The largest absolute Gasteiger partial charge is 0.324 e. The summed E-state index contributed by atoms with van der Waals surface area (Å²) in [5.74, 6) is 0.347. The van der Waals surface area contributed by atoms with Crippen molar-refractivity contribution < 1.29 is 0 Å². The molecule has 0 aliphatic carbocycles. The average Bonchev–Trinajstić information content (AvgIpc) is 2.20. The molecule has 0 saturated heterocycles. The molecular formula is C10H6Cl3N3. The Kier molecular flexibility index (Phi) is 3.49. The van der Waals surface area contributed by atoms with E-state index in [0.717, 1.165) is 5.69 Å². The van der Waals surface area contributed by atoms with Crippen LogP contribution in [0.5, 0.6) is 0 Å². The summed E-state index contributed by atoms with van der Waals surface area (Å²) in [6, 6.07) is 8.60. The third-order valence-corrected chi connectivity index (χ3v) is 2.40. The fourth-order valence-corrected chi connectivity index (χ4v) is 1.66. The van der Waals surface area contributed by atoms with Gasteiger partial charge >= 0.3 is 0 Å². The highest BCUT2D eigenvalue weighted by molar-refractivity contribution is 6.33. The number of aromatic nitrogens is 2. The first-order valence-corrected chi connectivity index (χ1v) is 5.49. The molecule has 0 saturated carbocycles. The molecule has 3 nitrogen and oxygen atoms in total. The van der Waals surface area contributed by atoms with Crippen LogP contribution >= 0.6 is 34.8 Å². The fourth-order valence-electron chi connectivity index (χ4n) is 1.11. The number of nitrogens with one attached hydrogen (secondary N) is 1. The van der Waals surface area contributed by atoms with Crippen molar-refractivity contribution in [1.82, 2.24) is 9.97 Å². The van der Waals surface area contributed by atoms with Crippen molar-refractivity contribution in [3.63, 3.8) is 0 Å². The Balaban J connectivity index is 2.23. The summed E-state index contributed by atoms with van der Waals surface area (Å²) in [7, 11) is 0. The van der Waals surface area contributed by atoms with Crippen LogP contribution in [0.4, 0.5) is 11.6 Å². The maximum absolute atomic E-state index is 5.76. The molecule has 0 aliphatic heterocycles. The Morgan fingerprint density at radius 1 is 0.875 bits per heavy atom. The lowest BCUT2D eigenvalue weighted by molar-refractivity contribution is 1.17. The van der Waals surface area contributed by atoms with Crippen LogP contribution in [0, 0.1) is 0 Å². The first-order valence-electron chi connectivity index (χ1n) is 4.36. The first-order chi connectivity index (χ1) is 7.63. The number of nitrogens with zero attached hydrogens (tertiary/aromatic N) is 2. The highest BCUT2D eigenvalue weighted by atomic mass is 35.5. The maximum Gasteiger partial charge on any atom is 0.230 e. The molecule has 0 atom stereocenters. The second kappa shape index (κ2) is 4.87. The van der Waals surface area contributed by atoms with Gasteiger partial charge in [0.25, 0.3) is 0 Å². The van der Waals surface area contributed by atoms with Crippen LogP contribution in [0.25, 0.3) is 0 Å². The summed E-state index contributed by atoms with van der Waals surface area (Å²) < 4.78 is 0. The van der Waals surface area contributed by atoms with E-state index in [0.29, 0.717) is 11.0 Å². The Bertz CT molecular complexity index is 479. The third-order valence-electron chi connectivity index (χ3n) is 1.76. The van der Waals surface area contributed by atoms with Crippen LogP contribution in [0.1, 0.15) is 0 Å². The Hall–Kier alpha value is -1.03. The predicted octanol–water partition coefficient (Wildman–Crippen LogP) is 4.18. The monoisotopic (exact) mass is 273 g/mol. The number of rotatable bonds is 2. The van der Waals surface area contributed by atoms with Gasteiger partial charge in [-0.2, -0.15) is 0 Å². The number of hydrogen-bond acceptors (Lipinski definition) is 3. The molecular weight excluding hydrogens is 268 g/mol. The number of benzene rings is 1. The van der Waals surface area contributed by atoms with Gasteiger partial charge in [0.05, 0.1) is 0 Å². The van der Waals surface area contributed by atoms with Crippen molar-refractivity contribution in [3.05, 3.63) is 45.7 Å². The van der Waals surface area contributed by atoms with E-state index in [4.69, 9.17) is 34.8 Å². The summed E-state index contributed by atoms with van der Waals surface area (Å²) in [5, 5.41) is 4.20. The van der Waals surface area contributed by atoms with Crippen molar-refractivity contribution in [2.75, 3.05) is 5.32 Å². The first kappa shape index (κ1) is 11.5.